The highest BCUT2D eigenvalue weighted by Gasteiger charge is 2.32. The minimum Gasteiger partial charge on any atom is -0.394 e. The Labute approximate surface area is 114 Å². The average Bonchev–Trinajstić information content (AvgIpc) is 2.35. The Morgan fingerprint density at radius 3 is 2.45 bits per heavy atom. The zero-order valence-electron chi connectivity index (χ0n) is 11.0. The van der Waals surface area contributed by atoms with E-state index >= 15 is 0 Å². The monoisotopic (exact) mass is 291 g/mol. The molecule has 0 aromatic carbocycles. The lowest BCUT2D eigenvalue weighted by Gasteiger charge is -2.20. The van der Waals surface area contributed by atoms with E-state index in [2.05, 4.69) is 15.6 Å². The molecule has 3 N–H and O–H groups in total. The van der Waals surface area contributed by atoms with Crippen LogP contribution >= 0.6 is 0 Å². The number of alkyl halides is 3. The van der Waals surface area contributed by atoms with Gasteiger partial charge in [0.1, 0.15) is 5.69 Å². The van der Waals surface area contributed by atoms with Crippen LogP contribution in [-0.4, -0.2) is 28.8 Å². The van der Waals surface area contributed by atoms with Crippen molar-refractivity contribution < 1.29 is 23.1 Å². The van der Waals surface area contributed by atoms with Crippen LogP contribution in [-0.2, 0) is 6.18 Å². The molecule has 1 rings (SSSR count). The van der Waals surface area contributed by atoms with E-state index < -0.39 is 23.9 Å². The molecule has 0 fully saturated rings. The van der Waals surface area contributed by atoms with Gasteiger partial charge in [-0.25, -0.2) is 9.78 Å². The Balaban J connectivity index is 2.63. The molecule has 0 aliphatic heterocycles. The van der Waals surface area contributed by atoms with E-state index in [1.54, 1.807) is 0 Å². The van der Waals surface area contributed by atoms with Crippen molar-refractivity contribution in [2.24, 2.45) is 5.92 Å². The quantitative estimate of drug-likeness (QED) is 0.796. The molecule has 0 spiro atoms. The second kappa shape index (κ2) is 6.56. The number of hydrogen-bond acceptors (Lipinski definition) is 3. The molecule has 1 heterocycles. The summed E-state index contributed by atoms with van der Waals surface area (Å²) in [7, 11) is 0. The van der Waals surface area contributed by atoms with Crippen molar-refractivity contribution in [2.45, 2.75) is 26.1 Å². The van der Waals surface area contributed by atoms with Crippen molar-refractivity contribution in [1.82, 2.24) is 10.3 Å². The van der Waals surface area contributed by atoms with Gasteiger partial charge in [-0.3, -0.25) is 0 Å². The molecule has 1 aromatic heterocycles. The third-order valence-electron chi connectivity index (χ3n) is 2.63. The smallest absolute Gasteiger partial charge is 0.394 e. The van der Waals surface area contributed by atoms with Crippen LogP contribution in [0, 0.1) is 5.92 Å². The van der Waals surface area contributed by atoms with E-state index in [4.69, 9.17) is 5.11 Å². The minimum absolute atomic E-state index is 0.0245. The number of carbonyl (C=O) groups is 1. The number of aliphatic hydroxyl groups excluding tert-OH is 1. The lowest BCUT2D eigenvalue weighted by molar-refractivity contribution is -0.141. The SMILES string of the molecule is CC(C)[C@@H](CO)NC(=O)Nc1ccc(C(F)(F)F)nc1. The number of aliphatic hydroxyl groups is 1. The van der Waals surface area contributed by atoms with Crippen LogP contribution in [0.4, 0.5) is 23.7 Å². The third-order valence-corrected chi connectivity index (χ3v) is 2.63. The summed E-state index contributed by atoms with van der Waals surface area (Å²) in [6.45, 7) is 3.41. The number of anilines is 1. The number of halogens is 3. The van der Waals surface area contributed by atoms with Gasteiger partial charge in [0.05, 0.1) is 24.5 Å². The van der Waals surface area contributed by atoms with Crippen molar-refractivity contribution in [1.29, 1.82) is 0 Å². The number of nitrogens with zero attached hydrogens (tertiary/aromatic N) is 1. The van der Waals surface area contributed by atoms with Crippen LogP contribution in [0.15, 0.2) is 18.3 Å². The molecular formula is C12H16F3N3O2. The second-order valence-corrected chi connectivity index (χ2v) is 4.56. The number of pyridine rings is 1. The van der Waals surface area contributed by atoms with Crippen molar-refractivity contribution in [2.75, 3.05) is 11.9 Å². The van der Waals surface area contributed by atoms with Crippen molar-refractivity contribution in [3.63, 3.8) is 0 Å². The molecule has 20 heavy (non-hydrogen) atoms. The summed E-state index contributed by atoms with van der Waals surface area (Å²) in [6.07, 6.45) is -3.59. The summed E-state index contributed by atoms with van der Waals surface area (Å²) in [6, 6.07) is 0.844. The number of carbonyl (C=O) groups excluding carboxylic acids is 1. The van der Waals surface area contributed by atoms with Crippen molar-refractivity contribution >= 4 is 11.7 Å². The van der Waals surface area contributed by atoms with Gasteiger partial charge in [0.2, 0.25) is 0 Å². The Kier molecular flexibility index (Phi) is 5.32. The molecule has 0 unspecified atom stereocenters. The van der Waals surface area contributed by atoms with Gasteiger partial charge in [0, 0.05) is 0 Å². The fourth-order valence-electron chi connectivity index (χ4n) is 1.39. The van der Waals surface area contributed by atoms with Gasteiger partial charge in [0.25, 0.3) is 0 Å². The zero-order chi connectivity index (χ0) is 15.3. The number of nitrogens with one attached hydrogen (secondary N) is 2. The van der Waals surface area contributed by atoms with E-state index in [0.29, 0.717) is 0 Å². The highest BCUT2D eigenvalue weighted by Crippen LogP contribution is 2.27. The van der Waals surface area contributed by atoms with E-state index in [-0.39, 0.29) is 18.2 Å². The van der Waals surface area contributed by atoms with Gasteiger partial charge in [-0.05, 0) is 18.1 Å². The van der Waals surface area contributed by atoms with Gasteiger partial charge >= 0.3 is 12.2 Å². The molecule has 0 aliphatic carbocycles. The summed E-state index contributed by atoms with van der Waals surface area (Å²) < 4.78 is 36.9. The van der Waals surface area contributed by atoms with E-state index in [1.807, 2.05) is 13.8 Å². The Morgan fingerprint density at radius 1 is 1.40 bits per heavy atom. The zero-order valence-corrected chi connectivity index (χ0v) is 11.0. The van der Waals surface area contributed by atoms with Crippen LogP contribution in [0.25, 0.3) is 0 Å². The van der Waals surface area contributed by atoms with Crippen LogP contribution in [0.1, 0.15) is 19.5 Å². The molecule has 2 amide bonds. The normalized spacial score (nSPS) is 13.2. The molecule has 5 nitrogen and oxygen atoms in total. The number of amides is 2. The molecule has 1 atom stereocenters. The highest BCUT2D eigenvalue weighted by molar-refractivity contribution is 5.89. The number of rotatable bonds is 4. The topological polar surface area (TPSA) is 74.2 Å². The number of hydrogen-bond donors (Lipinski definition) is 3. The highest BCUT2D eigenvalue weighted by atomic mass is 19.4. The lowest BCUT2D eigenvalue weighted by atomic mass is 10.1. The first-order chi connectivity index (χ1) is 9.24. The summed E-state index contributed by atoms with van der Waals surface area (Å²) >= 11 is 0. The summed E-state index contributed by atoms with van der Waals surface area (Å²) in [5.41, 5.74) is -0.894. The van der Waals surface area contributed by atoms with Crippen LogP contribution in [0.3, 0.4) is 0 Å². The molecule has 1 aromatic rings. The third kappa shape index (κ3) is 4.69. The van der Waals surface area contributed by atoms with Gasteiger partial charge in [-0.15, -0.1) is 0 Å². The molecule has 0 radical (unpaired) electrons. The first-order valence-corrected chi connectivity index (χ1v) is 5.95. The van der Waals surface area contributed by atoms with Crippen molar-refractivity contribution in [3.8, 4) is 0 Å². The lowest BCUT2D eigenvalue weighted by Crippen LogP contribution is -2.43. The van der Waals surface area contributed by atoms with Gasteiger partial charge in [0.15, 0.2) is 0 Å². The second-order valence-electron chi connectivity index (χ2n) is 4.56. The standard InChI is InChI=1S/C12H16F3N3O2/c1-7(2)9(6-19)18-11(20)17-8-3-4-10(16-5-8)12(13,14)15/h3-5,7,9,19H,6H2,1-2H3,(H2,17,18,20)/t9-/m1/s1. The predicted molar refractivity (Wildman–Crippen MR) is 67.1 cm³/mol. The minimum atomic E-state index is -4.51. The summed E-state index contributed by atoms with van der Waals surface area (Å²) in [5.74, 6) is 0.0245. The van der Waals surface area contributed by atoms with Gasteiger partial charge < -0.3 is 15.7 Å². The van der Waals surface area contributed by atoms with Crippen molar-refractivity contribution in [3.05, 3.63) is 24.0 Å². The molecule has 0 saturated carbocycles. The number of aromatic nitrogens is 1. The first-order valence-electron chi connectivity index (χ1n) is 5.95. The maximum absolute atomic E-state index is 12.3. The molecule has 0 saturated heterocycles. The summed E-state index contributed by atoms with van der Waals surface area (Å²) in [4.78, 5) is 14.8. The largest absolute Gasteiger partial charge is 0.433 e. The first kappa shape index (κ1) is 16.2. The molecule has 112 valence electrons. The Morgan fingerprint density at radius 2 is 2.05 bits per heavy atom. The summed E-state index contributed by atoms with van der Waals surface area (Å²) in [5, 5.41) is 13.9. The van der Waals surface area contributed by atoms with Crippen LogP contribution < -0.4 is 10.6 Å². The predicted octanol–water partition coefficient (Wildman–Crippen LogP) is 2.24. The van der Waals surface area contributed by atoms with Crippen LogP contribution in [0.5, 0.6) is 0 Å². The maximum Gasteiger partial charge on any atom is 0.433 e. The maximum atomic E-state index is 12.3. The molecular weight excluding hydrogens is 275 g/mol. The fraction of sp³-hybridized carbons (Fsp3) is 0.500. The molecule has 0 aliphatic rings. The fourth-order valence-corrected chi connectivity index (χ4v) is 1.39. The van der Waals surface area contributed by atoms with E-state index in [1.165, 1.54) is 0 Å². The number of urea groups is 1. The molecule has 8 heteroatoms. The Hall–Kier alpha value is -1.83. The van der Waals surface area contributed by atoms with E-state index in [0.717, 1.165) is 18.3 Å². The van der Waals surface area contributed by atoms with Crippen LogP contribution in [0.2, 0.25) is 0 Å². The Bertz CT molecular complexity index is 446. The van der Waals surface area contributed by atoms with Gasteiger partial charge in [-0.2, -0.15) is 13.2 Å². The van der Waals surface area contributed by atoms with E-state index in [9.17, 15) is 18.0 Å². The molecule has 0 bridgehead atoms. The average molecular weight is 291 g/mol. The van der Waals surface area contributed by atoms with Gasteiger partial charge in [-0.1, -0.05) is 13.8 Å².